The van der Waals surface area contributed by atoms with E-state index in [1.807, 2.05) is 54.7 Å². The summed E-state index contributed by atoms with van der Waals surface area (Å²) in [5.41, 5.74) is 1.36. The van der Waals surface area contributed by atoms with Gasteiger partial charge in [0, 0.05) is 53.6 Å². The fourth-order valence-electron chi connectivity index (χ4n) is 4.98. The molecule has 2 aromatic heterocycles. The topological polar surface area (TPSA) is 169 Å². The number of carbonyl (C=O) groups is 4. The van der Waals surface area contributed by atoms with E-state index in [0.717, 1.165) is 32.9 Å². The molecule has 2 aromatic carbocycles. The van der Waals surface area contributed by atoms with Gasteiger partial charge in [-0.3, -0.25) is 9.59 Å². The van der Waals surface area contributed by atoms with E-state index in [9.17, 15) is 19.2 Å². The summed E-state index contributed by atoms with van der Waals surface area (Å²) in [5.74, 6) is -1.10. The Kier molecular flexibility index (Phi) is 10.1. The monoisotopic (exact) mass is 617 g/mol. The number of hydrogen-bond acceptors (Lipinski definition) is 5. The van der Waals surface area contributed by atoms with Crippen LogP contribution < -0.4 is 26.6 Å². The minimum absolute atomic E-state index is 0.144. The van der Waals surface area contributed by atoms with Gasteiger partial charge in [-0.15, -0.1) is 0 Å². The first-order chi connectivity index (χ1) is 21.3. The number of fused-ring (bicyclic) bond motifs is 2. The Morgan fingerprint density at radius 3 is 1.89 bits per heavy atom. The van der Waals surface area contributed by atoms with Crippen molar-refractivity contribution >= 4 is 45.7 Å². The molecular weight excluding hydrogens is 574 g/mol. The van der Waals surface area contributed by atoms with E-state index in [2.05, 4.69) is 36.6 Å². The second-order valence-electron chi connectivity index (χ2n) is 12.5. The molecule has 5 amide bonds. The van der Waals surface area contributed by atoms with Gasteiger partial charge in [0.1, 0.15) is 23.3 Å². The molecule has 0 radical (unpaired) electrons. The van der Waals surface area contributed by atoms with E-state index >= 15 is 0 Å². The molecule has 0 saturated heterocycles. The van der Waals surface area contributed by atoms with Gasteiger partial charge in [-0.2, -0.15) is 0 Å². The van der Waals surface area contributed by atoms with E-state index < -0.39 is 47.3 Å². The molecule has 0 aliphatic rings. The van der Waals surface area contributed by atoms with Gasteiger partial charge in [0.05, 0.1) is 0 Å². The summed E-state index contributed by atoms with van der Waals surface area (Å²) in [7, 11) is 0. The van der Waals surface area contributed by atoms with Crippen molar-refractivity contribution in [3.05, 3.63) is 72.1 Å². The second-order valence-corrected chi connectivity index (χ2v) is 12.5. The van der Waals surface area contributed by atoms with Gasteiger partial charge in [-0.05, 0) is 64.8 Å². The summed E-state index contributed by atoms with van der Waals surface area (Å²) in [6.45, 7) is 10.4. The number of amides is 5. The van der Waals surface area contributed by atoms with Crippen molar-refractivity contribution in [1.82, 2.24) is 36.6 Å². The number of aromatic nitrogens is 2. The van der Waals surface area contributed by atoms with Crippen LogP contribution in [0, 0.1) is 0 Å². The number of rotatable bonds is 11. The van der Waals surface area contributed by atoms with Crippen LogP contribution in [0.25, 0.3) is 21.8 Å². The zero-order valence-electron chi connectivity index (χ0n) is 26.6. The third-order valence-corrected chi connectivity index (χ3v) is 7.16. The van der Waals surface area contributed by atoms with Crippen molar-refractivity contribution in [2.75, 3.05) is 6.54 Å². The molecule has 45 heavy (non-hydrogen) atoms. The van der Waals surface area contributed by atoms with Crippen LogP contribution in [0.1, 0.15) is 52.7 Å². The van der Waals surface area contributed by atoms with Crippen LogP contribution in [0.3, 0.4) is 0 Å². The maximum Gasteiger partial charge on any atom is 0.408 e. The standard InChI is InChI=1S/C33H43N7O5/c1-7-34-30(43)39-27(17-21-19-36-25-15-11-9-13-23(21)25)38-28(41)26(16-20-18-35-24-14-10-8-12-22(20)24)37-29(42)33(5,6)40-31(44)45-32(2,3)4/h8-15,18-19,26-27,35-36H,7,16-17H2,1-6H3,(H,37,42)(H,38,41)(H,40,44)(H2,34,39,43)/t26-,27+/m1/s1. The summed E-state index contributed by atoms with van der Waals surface area (Å²) >= 11 is 0. The lowest BCUT2D eigenvalue weighted by atomic mass is 10.0. The average Bonchev–Trinajstić information content (AvgIpc) is 3.55. The van der Waals surface area contributed by atoms with Crippen LogP contribution in [0.5, 0.6) is 0 Å². The largest absolute Gasteiger partial charge is 0.444 e. The van der Waals surface area contributed by atoms with E-state index in [0.29, 0.717) is 6.54 Å². The van der Waals surface area contributed by atoms with Crippen LogP contribution in [-0.4, -0.2) is 63.8 Å². The number of para-hydroxylation sites is 2. The van der Waals surface area contributed by atoms with E-state index in [1.165, 1.54) is 13.8 Å². The molecule has 0 unspecified atom stereocenters. The van der Waals surface area contributed by atoms with Crippen LogP contribution in [0.4, 0.5) is 9.59 Å². The van der Waals surface area contributed by atoms with Crippen LogP contribution >= 0.6 is 0 Å². The highest BCUT2D eigenvalue weighted by Crippen LogP contribution is 2.21. The molecule has 12 heteroatoms. The lowest BCUT2D eigenvalue weighted by Crippen LogP contribution is -2.61. The number of hydrogen-bond donors (Lipinski definition) is 7. The van der Waals surface area contributed by atoms with Crippen LogP contribution in [0.2, 0.25) is 0 Å². The first kappa shape index (κ1) is 32.9. The third-order valence-electron chi connectivity index (χ3n) is 7.16. The van der Waals surface area contributed by atoms with E-state index in [-0.39, 0.29) is 12.8 Å². The quantitative estimate of drug-likeness (QED) is 0.126. The highest BCUT2D eigenvalue weighted by molar-refractivity contribution is 5.94. The predicted octanol–water partition coefficient (Wildman–Crippen LogP) is 3.98. The van der Waals surface area contributed by atoms with Gasteiger partial charge in [-0.25, -0.2) is 9.59 Å². The first-order valence-electron chi connectivity index (χ1n) is 15.0. The zero-order valence-corrected chi connectivity index (χ0v) is 26.6. The summed E-state index contributed by atoms with van der Waals surface area (Å²) in [5, 5.41) is 15.8. The minimum atomic E-state index is -1.41. The summed E-state index contributed by atoms with van der Waals surface area (Å²) in [6, 6.07) is 13.9. The molecule has 0 fully saturated rings. The van der Waals surface area contributed by atoms with E-state index in [4.69, 9.17) is 4.74 Å². The number of aromatic amines is 2. The average molecular weight is 618 g/mol. The lowest BCUT2D eigenvalue weighted by Gasteiger charge is -2.30. The first-order valence-corrected chi connectivity index (χ1v) is 15.0. The van der Waals surface area contributed by atoms with Crippen molar-refractivity contribution in [3.8, 4) is 0 Å². The van der Waals surface area contributed by atoms with Gasteiger partial charge >= 0.3 is 12.1 Å². The Morgan fingerprint density at radius 1 is 0.778 bits per heavy atom. The molecule has 12 nitrogen and oxygen atoms in total. The van der Waals surface area contributed by atoms with Crippen LogP contribution in [-0.2, 0) is 27.2 Å². The molecule has 2 atom stereocenters. The third kappa shape index (κ3) is 8.78. The zero-order chi connectivity index (χ0) is 32.8. The fourth-order valence-corrected chi connectivity index (χ4v) is 4.98. The molecule has 0 aliphatic carbocycles. The molecular formula is C33H43N7O5. The van der Waals surface area contributed by atoms with Gasteiger partial charge in [-0.1, -0.05) is 36.4 Å². The molecule has 0 spiro atoms. The predicted molar refractivity (Wildman–Crippen MR) is 174 cm³/mol. The number of ether oxygens (including phenoxy) is 1. The van der Waals surface area contributed by atoms with Crippen molar-refractivity contribution < 1.29 is 23.9 Å². The SMILES string of the molecule is CCNC(=O)N[C@@H](Cc1c[nH]c2ccccc12)NC(=O)[C@@H](Cc1c[nH]c2ccccc12)NC(=O)C(C)(C)NC(=O)OC(C)(C)C. The smallest absolute Gasteiger partial charge is 0.408 e. The Balaban J connectivity index is 1.59. The van der Waals surface area contributed by atoms with Crippen LogP contribution in [0.15, 0.2) is 60.9 Å². The van der Waals surface area contributed by atoms with Gasteiger partial charge in [0.15, 0.2) is 0 Å². The molecule has 7 N–H and O–H groups in total. The molecule has 0 aliphatic heterocycles. The maximum atomic E-state index is 14.0. The van der Waals surface area contributed by atoms with Crippen molar-refractivity contribution in [2.45, 2.75) is 77.7 Å². The van der Waals surface area contributed by atoms with Gasteiger partial charge in [0.2, 0.25) is 11.8 Å². The molecule has 0 saturated carbocycles. The Hall–Kier alpha value is -5.00. The molecule has 4 aromatic rings. The number of alkyl carbamates (subject to hydrolysis) is 1. The normalized spacial score (nSPS) is 13.1. The molecule has 2 heterocycles. The summed E-state index contributed by atoms with van der Waals surface area (Å²) in [4.78, 5) is 59.1. The second kappa shape index (κ2) is 13.7. The number of nitrogens with one attached hydrogen (secondary N) is 7. The highest BCUT2D eigenvalue weighted by Gasteiger charge is 2.35. The van der Waals surface area contributed by atoms with Crippen molar-refractivity contribution in [1.29, 1.82) is 0 Å². The number of urea groups is 1. The molecule has 0 bridgehead atoms. The van der Waals surface area contributed by atoms with Gasteiger partial charge in [0.25, 0.3) is 0 Å². The van der Waals surface area contributed by atoms with Crippen molar-refractivity contribution in [2.24, 2.45) is 0 Å². The molecule has 4 rings (SSSR count). The number of H-pyrrole nitrogens is 2. The Bertz CT molecular complexity index is 1670. The summed E-state index contributed by atoms with van der Waals surface area (Å²) in [6.07, 6.45) is 2.51. The Labute approximate surface area is 262 Å². The fraction of sp³-hybridized carbons (Fsp3) is 0.394. The van der Waals surface area contributed by atoms with Gasteiger partial charge < -0.3 is 41.3 Å². The molecule has 240 valence electrons. The highest BCUT2D eigenvalue weighted by atomic mass is 16.6. The number of benzene rings is 2. The Morgan fingerprint density at radius 2 is 1.33 bits per heavy atom. The minimum Gasteiger partial charge on any atom is -0.444 e. The lowest BCUT2D eigenvalue weighted by molar-refractivity contribution is -0.132. The summed E-state index contributed by atoms with van der Waals surface area (Å²) < 4.78 is 5.34. The maximum absolute atomic E-state index is 14.0. The number of carbonyl (C=O) groups excluding carboxylic acids is 4. The van der Waals surface area contributed by atoms with Crippen molar-refractivity contribution in [3.63, 3.8) is 0 Å². The van der Waals surface area contributed by atoms with E-state index in [1.54, 1.807) is 33.9 Å².